The van der Waals surface area contributed by atoms with Gasteiger partial charge in [0.1, 0.15) is 5.82 Å². The van der Waals surface area contributed by atoms with Crippen LogP contribution in [0, 0.1) is 11.7 Å². The SMILES string of the molecule is CC(C)Cc1c(N)noc1-c1ccc(Cl)cc1F. The second-order valence-corrected chi connectivity index (χ2v) is 5.03. The van der Waals surface area contributed by atoms with Crippen molar-refractivity contribution in [2.75, 3.05) is 5.73 Å². The van der Waals surface area contributed by atoms with Gasteiger partial charge in [0.25, 0.3) is 0 Å². The van der Waals surface area contributed by atoms with Crippen LogP contribution in [-0.4, -0.2) is 5.16 Å². The van der Waals surface area contributed by atoms with E-state index in [0.29, 0.717) is 34.5 Å². The third-order valence-corrected chi connectivity index (χ3v) is 2.84. The molecule has 1 aromatic carbocycles. The van der Waals surface area contributed by atoms with Crippen LogP contribution in [0.25, 0.3) is 11.3 Å². The summed E-state index contributed by atoms with van der Waals surface area (Å²) in [5.74, 6) is 0.632. The van der Waals surface area contributed by atoms with E-state index in [9.17, 15) is 4.39 Å². The van der Waals surface area contributed by atoms with Gasteiger partial charge in [-0.3, -0.25) is 0 Å². The average Bonchev–Trinajstić information content (AvgIpc) is 2.60. The minimum atomic E-state index is -0.441. The lowest BCUT2D eigenvalue weighted by Crippen LogP contribution is -1.99. The highest BCUT2D eigenvalue weighted by Crippen LogP contribution is 2.32. The number of nitrogens with two attached hydrogens (primary N) is 1. The van der Waals surface area contributed by atoms with Crippen molar-refractivity contribution in [2.24, 2.45) is 5.92 Å². The molecule has 0 bridgehead atoms. The molecule has 0 spiro atoms. The summed E-state index contributed by atoms with van der Waals surface area (Å²) in [6.45, 7) is 4.10. The highest BCUT2D eigenvalue weighted by Gasteiger charge is 2.19. The summed E-state index contributed by atoms with van der Waals surface area (Å²) in [4.78, 5) is 0. The molecule has 5 heteroatoms. The zero-order valence-electron chi connectivity index (χ0n) is 10.2. The zero-order chi connectivity index (χ0) is 13.3. The van der Waals surface area contributed by atoms with E-state index < -0.39 is 5.82 Å². The summed E-state index contributed by atoms with van der Waals surface area (Å²) in [7, 11) is 0. The Hall–Kier alpha value is -1.55. The molecule has 0 saturated carbocycles. The molecule has 2 N–H and O–H groups in total. The maximum atomic E-state index is 13.8. The Morgan fingerprint density at radius 3 is 2.78 bits per heavy atom. The van der Waals surface area contributed by atoms with E-state index >= 15 is 0 Å². The van der Waals surface area contributed by atoms with Crippen LogP contribution >= 0.6 is 11.6 Å². The van der Waals surface area contributed by atoms with Crippen LogP contribution in [0.5, 0.6) is 0 Å². The second-order valence-electron chi connectivity index (χ2n) is 4.60. The van der Waals surface area contributed by atoms with Crippen molar-refractivity contribution in [3.63, 3.8) is 0 Å². The highest BCUT2D eigenvalue weighted by molar-refractivity contribution is 6.30. The number of nitrogen functional groups attached to an aromatic ring is 1. The smallest absolute Gasteiger partial charge is 0.175 e. The fourth-order valence-electron chi connectivity index (χ4n) is 1.81. The fourth-order valence-corrected chi connectivity index (χ4v) is 1.97. The topological polar surface area (TPSA) is 52.0 Å². The normalized spacial score (nSPS) is 11.2. The van der Waals surface area contributed by atoms with Crippen LogP contribution in [0.3, 0.4) is 0 Å². The Labute approximate surface area is 110 Å². The number of hydrogen-bond donors (Lipinski definition) is 1. The summed E-state index contributed by atoms with van der Waals surface area (Å²) in [6.07, 6.45) is 0.687. The molecule has 1 aromatic heterocycles. The zero-order valence-corrected chi connectivity index (χ0v) is 11.0. The average molecular weight is 269 g/mol. The first-order valence-corrected chi connectivity index (χ1v) is 6.06. The van der Waals surface area contributed by atoms with Crippen molar-refractivity contribution in [3.05, 3.63) is 34.6 Å². The molecule has 0 aliphatic carbocycles. The van der Waals surface area contributed by atoms with Crippen LogP contribution < -0.4 is 5.73 Å². The molecule has 3 nitrogen and oxygen atoms in total. The molecule has 0 unspecified atom stereocenters. The maximum absolute atomic E-state index is 13.8. The van der Waals surface area contributed by atoms with Gasteiger partial charge >= 0.3 is 0 Å². The van der Waals surface area contributed by atoms with Crippen LogP contribution in [-0.2, 0) is 6.42 Å². The molecule has 0 aliphatic heterocycles. The summed E-state index contributed by atoms with van der Waals surface area (Å²) < 4.78 is 19.0. The Bertz CT molecular complexity index is 566. The van der Waals surface area contributed by atoms with Gasteiger partial charge in [0, 0.05) is 10.6 Å². The van der Waals surface area contributed by atoms with Crippen molar-refractivity contribution < 1.29 is 8.91 Å². The molecule has 1 heterocycles. The number of aromatic nitrogens is 1. The predicted molar refractivity (Wildman–Crippen MR) is 69.9 cm³/mol. The first kappa shape index (κ1) is 12.9. The van der Waals surface area contributed by atoms with Crippen molar-refractivity contribution >= 4 is 17.4 Å². The third kappa shape index (κ3) is 2.48. The molecule has 2 rings (SSSR count). The van der Waals surface area contributed by atoms with Crippen LogP contribution in [0.1, 0.15) is 19.4 Å². The van der Waals surface area contributed by atoms with Gasteiger partial charge in [-0.25, -0.2) is 4.39 Å². The van der Waals surface area contributed by atoms with E-state index in [4.69, 9.17) is 21.9 Å². The van der Waals surface area contributed by atoms with E-state index in [1.54, 1.807) is 12.1 Å². The molecular formula is C13H14ClFN2O. The van der Waals surface area contributed by atoms with Gasteiger partial charge < -0.3 is 10.3 Å². The molecule has 2 aromatic rings. The van der Waals surface area contributed by atoms with Crippen LogP contribution in [0.4, 0.5) is 10.2 Å². The first-order chi connectivity index (χ1) is 8.49. The molecule has 0 radical (unpaired) electrons. The van der Waals surface area contributed by atoms with Crippen molar-refractivity contribution in [3.8, 4) is 11.3 Å². The fraction of sp³-hybridized carbons (Fsp3) is 0.308. The number of benzene rings is 1. The third-order valence-electron chi connectivity index (χ3n) is 2.61. The van der Waals surface area contributed by atoms with E-state index in [2.05, 4.69) is 19.0 Å². The Morgan fingerprint density at radius 2 is 2.17 bits per heavy atom. The van der Waals surface area contributed by atoms with Crippen molar-refractivity contribution in [1.29, 1.82) is 0 Å². The number of nitrogens with zero attached hydrogens (tertiary/aromatic N) is 1. The second kappa shape index (κ2) is 4.98. The van der Waals surface area contributed by atoms with Gasteiger partial charge in [0.05, 0.1) is 5.56 Å². The van der Waals surface area contributed by atoms with Crippen LogP contribution in [0.2, 0.25) is 5.02 Å². The van der Waals surface area contributed by atoms with Crippen molar-refractivity contribution in [1.82, 2.24) is 5.16 Å². The molecule has 96 valence electrons. The predicted octanol–water partition coefficient (Wildman–Crippen LogP) is 3.91. The number of rotatable bonds is 3. The highest BCUT2D eigenvalue weighted by atomic mass is 35.5. The molecule has 0 atom stereocenters. The Morgan fingerprint density at radius 1 is 1.44 bits per heavy atom. The van der Waals surface area contributed by atoms with Crippen molar-refractivity contribution in [2.45, 2.75) is 20.3 Å². The van der Waals surface area contributed by atoms with Gasteiger partial charge in [0.15, 0.2) is 11.6 Å². The Balaban J connectivity index is 2.50. The summed E-state index contributed by atoms with van der Waals surface area (Å²) in [6, 6.07) is 4.42. The lowest BCUT2D eigenvalue weighted by atomic mass is 9.99. The molecule has 0 fully saturated rings. The van der Waals surface area contributed by atoms with E-state index in [-0.39, 0.29) is 0 Å². The molecule has 0 saturated heterocycles. The van der Waals surface area contributed by atoms with E-state index in [1.807, 2.05) is 0 Å². The van der Waals surface area contributed by atoms with Gasteiger partial charge in [-0.2, -0.15) is 0 Å². The minimum Gasteiger partial charge on any atom is -0.381 e. The molecule has 0 amide bonds. The van der Waals surface area contributed by atoms with E-state index in [1.165, 1.54) is 6.07 Å². The largest absolute Gasteiger partial charge is 0.381 e. The lowest BCUT2D eigenvalue weighted by Gasteiger charge is -2.06. The van der Waals surface area contributed by atoms with Gasteiger partial charge in [-0.1, -0.05) is 30.6 Å². The number of hydrogen-bond acceptors (Lipinski definition) is 3. The minimum absolute atomic E-state index is 0.313. The van der Waals surface area contributed by atoms with Crippen LogP contribution in [0.15, 0.2) is 22.7 Å². The molecule has 18 heavy (non-hydrogen) atoms. The lowest BCUT2D eigenvalue weighted by molar-refractivity contribution is 0.432. The standard InChI is InChI=1S/C13H14ClFN2O/c1-7(2)5-10-12(18-17-13(10)16)9-4-3-8(14)6-11(9)15/h3-4,6-7H,5H2,1-2H3,(H2,16,17). The quantitative estimate of drug-likeness (QED) is 0.918. The number of anilines is 1. The summed E-state index contributed by atoms with van der Waals surface area (Å²) >= 11 is 5.72. The Kier molecular flexibility index (Phi) is 3.57. The summed E-state index contributed by atoms with van der Waals surface area (Å²) in [5.41, 5.74) is 6.83. The summed E-state index contributed by atoms with van der Waals surface area (Å²) in [5, 5.41) is 4.05. The number of halogens is 2. The maximum Gasteiger partial charge on any atom is 0.175 e. The van der Waals surface area contributed by atoms with Gasteiger partial charge in [-0.15, -0.1) is 0 Å². The first-order valence-electron chi connectivity index (χ1n) is 5.68. The van der Waals surface area contributed by atoms with Gasteiger partial charge in [-0.05, 0) is 30.5 Å². The molecule has 0 aliphatic rings. The monoisotopic (exact) mass is 268 g/mol. The molecular weight excluding hydrogens is 255 g/mol. The van der Waals surface area contributed by atoms with Gasteiger partial charge in [0.2, 0.25) is 0 Å². The van der Waals surface area contributed by atoms with E-state index in [0.717, 1.165) is 5.56 Å².